The number of aliphatic hydroxyl groups excluding tert-OH is 2. The van der Waals surface area contributed by atoms with Crippen LogP contribution in [0, 0.1) is 17.8 Å². The molecule has 52 valence electrons. The molecule has 0 saturated heterocycles. The van der Waals surface area contributed by atoms with Crippen molar-refractivity contribution in [1.82, 2.24) is 0 Å². The zero-order valence-electron chi connectivity index (χ0n) is 5.76. The van der Waals surface area contributed by atoms with E-state index in [2.05, 4.69) is 11.8 Å². The summed E-state index contributed by atoms with van der Waals surface area (Å²) in [6, 6.07) is 0. The minimum Gasteiger partial charge on any atom is -0.393 e. The third-order valence-electron chi connectivity index (χ3n) is 0.712. The number of aliphatic hydroxyl groups is 2. The lowest BCUT2D eigenvalue weighted by atomic mass is 10.2. The van der Waals surface area contributed by atoms with Gasteiger partial charge in [-0.15, -0.1) is 0 Å². The fourth-order valence-corrected chi connectivity index (χ4v) is 0.309. The van der Waals surface area contributed by atoms with Crippen LogP contribution in [0.25, 0.3) is 0 Å². The topological polar surface area (TPSA) is 40.5 Å². The lowest BCUT2D eigenvalue weighted by Gasteiger charge is -1.94. The van der Waals surface area contributed by atoms with Crippen LogP contribution >= 0.6 is 0 Å². The Balaban J connectivity index is 3.58. The van der Waals surface area contributed by atoms with Crippen molar-refractivity contribution >= 4 is 0 Å². The van der Waals surface area contributed by atoms with Gasteiger partial charge in [-0.2, -0.15) is 0 Å². The van der Waals surface area contributed by atoms with Crippen LogP contribution in [0.4, 0.5) is 0 Å². The van der Waals surface area contributed by atoms with Crippen LogP contribution in [-0.2, 0) is 0 Å². The molecule has 0 aliphatic rings. The summed E-state index contributed by atoms with van der Waals surface area (Å²) >= 11 is 0. The zero-order valence-corrected chi connectivity index (χ0v) is 5.76. The van der Waals surface area contributed by atoms with Crippen molar-refractivity contribution in [3.05, 3.63) is 0 Å². The molecule has 1 unspecified atom stereocenters. The van der Waals surface area contributed by atoms with Gasteiger partial charge in [0.2, 0.25) is 0 Å². The normalized spacial score (nSPS) is 12.6. The van der Waals surface area contributed by atoms with Gasteiger partial charge in [0.05, 0.1) is 6.61 Å². The van der Waals surface area contributed by atoms with Crippen molar-refractivity contribution in [2.24, 2.45) is 5.92 Å². The Labute approximate surface area is 55.5 Å². The van der Waals surface area contributed by atoms with Gasteiger partial charge in [-0.3, -0.25) is 0 Å². The van der Waals surface area contributed by atoms with Crippen LogP contribution in [0.1, 0.15) is 13.8 Å². The van der Waals surface area contributed by atoms with Crippen LogP contribution in [0.5, 0.6) is 0 Å². The van der Waals surface area contributed by atoms with Gasteiger partial charge in [-0.1, -0.05) is 25.7 Å². The third-order valence-corrected chi connectivity index (χ3v) is 0.712. The molecule has 0 bridgehead atoms. The second-order valence-electron chi connectivity index (χ2n) is 2.14. The lowest BCUT2D eigenvalue weighted by Crippen LogP contribution is -2.08. The Morgan fingerprint density at radius 2 is 1.89 bits per heavy atom. The highest BCUT2D eigenvalue weighted by atomic mass is 16.3. The molecule has 0 rings (SSSR count). The first-order valence-electron chi connectivity index (χ1n) is 2.96. The maximum absolute atomic E-state index is 8.68. The molecule has 0 aromatic rings. The van der Waals surface area contributed by atoms with Gasteiger partial charge in [0.25, 0.3) is 0 Å². The average molecular weight is 128 g/mol. The van der Waals surface area contributed by atoms with Crippen molar-refractivity contribution < 1.29 is 10.2 Å². The van der Waals surface area contributed by atoms with Crippen LogP contribution in [-0.4, -0.2) is 22.9 Å². The second-order valence-corrected chi connectivity index (χ2v) is 2.14. The summed E-state index contributed by atoms with van der Waals surface area (Å²) in [6.45, 7) is 3.58. The predicted molar refractivity (Wildman–Crippen MR) is 35.7 cm³/mol. The molecule has 0 aromatic heterocycles. The summed E-state index contributed by atoms with van der Waals surface area (Å²) in [5, 5.41) is 17.0. The van der Waals surface area contributed by atoms with Gasteiger partial charge in [-0.25, -0.2) is 0 Å². The first-order chi connectivity index (χ1) is 4.16. The van der Waals surface area contributed by atoms with Crippen molar-refractivity contribution in [3.8, 4) is 11.8 Å². The van der Waals surface area contributed by atoms with E-state index in [-0.39, 0.29) is 12.5 Å². The maximum atomic E-state index is 8.68. The molecule has 0 aliphatic carbocycles. The predicted octanol–water partition coefficient (Wildman–Crippen LogP) is -0.00100. The molecule has 2 nitrogen and oxygen atoms in total. The second kappa shape index (κ2) is 4.37. The molecule has 0 aromatic carbocycles. The molecule has 9 heavy (non-hydrogen) atoms. The highest BCUT2D eigenvalue weighted by Crippen LogP contribution is 1.86. The third kappa shape index (κ3) is 5.35. The summed E-state index contributed by atoms with van der Waals surface area (Å²) in [7, 11) is 0. The Morgan fingerprint density at radius 1 is 1.33 bits per heavy atom. The number of hydrogen-bond acceptors (Lipinski definition) is 2. The minimum absolute atomic E-state index is 0.256. The summed E-state index contributed by atoms with van der Waals surface area (Å²) in [4.78, 5) is 0. The number of rotatable bonds is 1. The highest BCUT2D eigenvalue weighted by molar-refractivity contribution is 5.05. The van der Waals surface area contributed by atoms with Crippen LogP contribution in [0.15, 0.2) is 0 Å². The van der Waals surface area contributed by atoms with Crippen LogP contribution in [0.2, 0.25) is 0 Å². The quantitative estimate of drug-likeness (QED) is 0.488. The van der Waals surface area contributed by atoms with E-state index < -0.39 is 6.10 Å². The zero-order chi connectivity index (χ0) is 7.28. The van der Waals surface area contributed by atoms with E-state index in [1.54, 1.807) is 0 Å². The van der Waals surface area contributed by atoms with Crippen molar-refractivity contribution in [2.75, 3.05) is 6.61 Å². The van der Waals surface area contributed by atoms with Gasteiger partial charge >= 0.3 is 0 Å². The Bertz CT molecular complexity index is 119. The fourth-order valence-electron chi connectivity index (χ4n) is 0.309. The fraction of sp³-hybridized carbons (Fsp3) is 0.714. The Morgan fingerprint density at radius 3 is 2.22 bits per heavy atom. The van der Waals surface area contributed by atoms with Crippen molar-refractivity contribution in [3.63, 3.8) is 0 Å². The summed E-state index contributed by atoms with van der Waals surface area (Å²) < 4.78 is 0. The molecule has 0 amide bonds. The molecule has 0 radical (unpaired) electrons. The first-order valence-corrected chi connectivity index (χ1v) is 2.96. The van der Waals surface area contributed by atoms with E-state index in [0.29, 0.717) is 0 Å². The Hall–Kier alpha value is -0.520. The van der Waals surface area contributed by atoms with E-state index >= 15 is 0 Å². The van der Waals surface area contributed by atoms with Crippen LogP contribution < -0.4 is 0 Å². The van der Waals surface area contributed by atoms with Crippen molar-refractivity contribution in [2.45, 2.75) is 20.0 Å². The van der Waals surface area contributed by atoms with E-state index in [0.717, 1.165) is 0 Å². The minimum atomic E-state index is -0.868. The maximum Gasteiger partial charge on any atom is 0.137 e. The molecular formula is C7H12O2. The largest absolute Gasteiger partial charge is 0.393 e. The molecule has 0 heterocycles. The molecular weight excluding hydrogens is 116 g/mol. The van der Waals surface area contributed by atoms with E-state index in [9.17, 15) is 0 Å². The van der Waals surface area contributed by atoms with Crippen LogP contribution in [0.3, 0.4) is 0 Å². The van der Waals surface area contributed by atoms with Gasteiger partial charge in [-0.05, 0) is 0 Å². The molecule has 1 atom stereocenters. The SMILES string of the molecule is CC(C)C#CC(O)CO. The standard InChI is InChI=1S/C7H12O2/c1-6(2)3-4-7(9)5-8/h6-9H,5H2,1-2H3. The molecule has 2 heteroatoms. The molecule has 0 aliphatic heterocycles. The van der Waals surface area contributed by atoms with Gasteiger partial charge < -0.3 is 10.2 Å². The summed E-state index contributed by atoms with van der Waals surface area (Å²) in [5.74, 6) is 5.48. The van der Waals surface area contributed by atoms with E-state index in [1.165, 1.54) is 0 Å². The average Bonchev–Trinajstić information content (AvgIpc) is 1.83. The highest BCUT2D eigenvalue weighted by Gasteiger charge is 1.92. The lowest BCUT2D eigenvalue weighted by molar-refractivity contribution is 0.138. The van der Waals surface area contributed by atoms with E-state index in [4.69, 9.17) is 10.2 Å². The molecule has 0 fully saturated rings. The summed E-state index contributed by atoms with van der Waals surface area (Å²) in [5.41, 5.74) is 0. The molecule has 0 spiro atoms. The molecule has 2 N–H and O–H groups in total. The van der Waals surface area contributed by atoms with Crippen molar-refractivity contribution in [1.29, 1.82) is 0 Å². The monoisotopic (exact) mass is 128 g/mol. The number of hydrogen-bond donors (Lipinski definition) is 2. The smallest absolute Gasteiger partial charge is 0.137 e. The van der Waals surface area contributed by atoms with Gasteiger partial charge in [0, 0.05) is 5.92 Å². The van der Waals surface area contributed by atoms with Gasteiger partial charge in [0.1, 0.15) is 6.10 Å². The van der Waals surface area contributed by atoms with Gasteiger partial charge in [0.15, 0.2) is 0 Å². The van der Waals surface area contributed by atoms with E-state index in [1.807, 2.05) is 13.8 Å². The Kier molecular flexibility index (Phi) is 4.12. The first kappa shape index (κ1) is 8.48. The summed E-state index contributed by atoms with van der Waals surface area (Å²) in [6.07, 6.45) is -0.868. The molecule has 0 saturated carbocycles.